The van der Waals surface area contributed by atoms with Crippen molar-refractivity contribution in [3.63, 3.8) is 0 Å². The Morgan fingerprint density at radius 2 is 1.90 bits per heavy atom. The summed E-state index contributed by atoms with van der Waals surface area (Å²) in [5.41, 5.74) is 3.34. The van der Waals surface area contributed by atoms with Crippen LogP contribution in [-0.4, -0.2) is 6.54 Å². The van der Waals surface area contributed by atoms with Crippen molar-refractivity contribution >= 4 is 5.69 Å². The quantitative estimate of drug-likeness (QED) is 0.805. The molecule has 1 aliphatic rings. The third kappa shape index (κ3) is 2.26. The summed E-state index contributed by atoms with van der Waals surface area (Å²) < 4.78 is 38.4. The molecule has 3 rings (SSSR count). The van der Waals surface area contributed by atoms with Crippen LogP contribution in [0.4, 0.5) is 18.9 Å². The van der Waals surface area contributed by atoms with Crippen molar-refractivity contribution in [1.29, 1.82) is 0 Å². The Bertz CT molecular complexity index is 646. The van der Waals surface area contributed by atoms with Crippen LogP contribution in [0, 0.1) is 6.92 Å². The van der Waals surface area contributed by atoms with Crippen LogP contribution in [0.3, 0.4) is 0 Å². The number of aryl methyl sites for hydroxylation is 1. The Hall–Kier alpha value is -1.97. The van der Waals surface area contributed by atoms with Crippen molar-refractivity contribution in [3.8, 4) is 0 Å². The van der Waals surface area contributed by atoms with Crippen LogP contribution in [-0.2, 0) is 6.18 Å². The molecule has 0 radical (unpaired) electrons. The molecule has 0 spiro atoms. The third-order valence-electron chi connectivity index (χ3n) is 3.70. The van der Waals surface area contributed by atoms with Crippen molar-refractivity contribution < 1.29 is 13.2 Å². The second-order valence-corrected chi connectivity index (χ2v) is 5.15. The van der Waals surface area contributed by atoms with E-state index in [0.29, 0.717) is 12.1 Å². The maximum absolute atomic E-state index is 12.8. The van der Waals surface area contributed by atoms with E-state index in [9.17, 15) is 13.2 Å². The van der Waals surface area contributed by atoms with Crippen molar-refractivity contribution in [2.24, 2.45) is 0 Å². The first kappa shape index (κ1) is 13.0. The molecule has 104 valence electrons. The molecule has 20 heavy (non-hydrogen) atoms. The summed E-state index contributed by atoms with van der Waals surface area (Å²) >= 11 is 0. The highest BCUT2D eigenvalue weighted by molar-refractivity contribution is 5.62. The molecule has 0 aliphatic carbocycles. The first-order valence-electron chi connectivity index (χ1n) is 6.47. The van der Waals surface area contributed by atoms with Gasteiger partial charge in [0.05, 0.1) is 5.56 Å². The molecule has 0 bridgehead atoms. The van der Waals surface area contributed by atoms with Gasteiger partial charge in [-0.15, -0.1) is 0 Å². The number of hydrogen-bond donors (Lipinski definition) is 1. The lowest BCUT2D eigenvalue weighted by Gasteiger charge is -2.14. The minimum atomic E-state index is -4.29. The van der Waals surface area contributed by atoms with Gasteiger partial charge in [0.2, 0.25) is 0 Å². The van der Waals surface area contributed by atoms with E-state index in [4.69, 9.17) is 0 Å². The van der Waals surface area contributed by atoms with Crippen molar-refractivity contribution in [2.75, 3.05) is 11.9 Å². The third-order valence-corrected chi connectivity index (χ3v) is 3.70. The average molecular weight is 277 g/mol. The first-order chi connectivity index (χ1) is 9.45. The van der Waals surface area contributed by atoms with E-state index in [2.05, 4.69) is 5.32 Å². The van der Waals surface area contributed by atoms with Crippen LogP contribution in [0.25, 0.3) is 0 Å². The Morgan fingerprint density at radius 3 is 2.65 bits per heavy atom. The highest BCUT2D eigenvalue weighted by Crippen LogP contribution is 2.38. The molecule has 0 saturated heterocycles. The normalized spacial score (nSPS) is 17.7. The number of anilines is 1. The molecule has 1 heterocycles. The summed E-state index contributed by atoms with van der Waals surface area (Å²) in [5, 5.41) is 3.27. The zero-order chi connectivity index (χ0) is 14.3. The topological polar surface area (TPSA) is 12.0 Å². The fraction of sp³-hybridized carbons (Fsp3) is 0.250. The van der Waals surface area contributed by atoms with Gasteiger partial charge in [0.25, 0.3) is 0 Å². The van der Waals surface area contributed by atoms with Gasteiger partial charge in [0.1, 0.15) is 0 Å². The van der Waals surface area contributed by atoms with Gasteiger partial charge in [-0.2, -0.15) is 13.2 Å². The van der Waals surface area contributed by atoms with Gasteiger partial charge in [-0.3, -0.25) is 0 Å². The molecule has 1 aliphatic heterocycles. The predicted molar refractivity (Wildman–Crippen MR) is 73.0 cm³/mol. The summed E-state index contributed by atoms with van der Waals surface area (Å²) in [5.74, 6) is -0.0205. The molecule has 0 amide bonds. The van der Waals surface area contributed by atoms with E-state index < -0.39 is 11.7 Å². The Balaban J connectivity index is 2.00. The second kappa shape index (κ2) is 4.54. The van der Waals surface area contributed by atoms with Crippen molar-refractivity contribution in [2.45, 2.75) is 19.0 Å². The van der Waals surface area contributed by atoms with Crippen molar-refractivity contribution in [1.82, 2.24) is 0 Å². The number of hydrogen-bond acceptors (Lipinski definition) is 1. The number of halogens is 3. The van der Waals surface area contributed by atoms with Gasteiger partial charge in [-0.05, 0) is 35.7 Å². The molecular formula is C16H14F3N. The molecular weight excluding hydrogens is 263 g/mol. The molecule has 0 saturated carbocycles. The summed E-state index contributed by atoms with van der Waals surface area (Å²) in [6.45, 7) is 2.64. The Labute approximate surface area is 115 Å². The number of fused-ring (bicyclic) bond motifs is 1. The molecule has 2 aromatic rings. The molecule has 4 heteroatoms. The highest BCUT2D eigenvalue weighted by atomic mass is 19.4. The standard InChI is InChI=1S/C16H14F3N/c1-10-5-6-13-14(9-20-15(13)7-10)11-3-2-4-12(8-11)16(17,18)19/h2-8,14,20H,9H2,1H3. The highest BCUT2D eigenvalue weighted by Gasteiger charge is 2.32. The zero-order valence-corrected chi connectivity index (χ0v) is 11.0. The second-order valence-electron chi connectivity index (χ2n) is 5.15. The number of alkyl halides is 3. The summed E-state index contributed by atoms with van der Waals surface area (Å²) in [6.07, 6.45) is -4.29. The van der Waals surface area contributed by atoms with E-state index in [0.717, 1.165) is 22.9 Å². The molecule has 1 N–H and O–H groups in total. The maximum Gasteiger partial charge on any atom is 0.416 e. The average Bonchev–Trinajstić information content (AvgIpc) is 2.80. The van der Waals surface area contributed by atoms with E-state index in [-0.39, 0.29) is 5.92 Å². The smallest absolute Gasteiger partial charge is 0.384 e. The first-order valence-corrected chi connectivity index (χ1v) is 6.47. The molecule has 2 aromatic carbocycles. The summed E-state index contributed by atoms with van der Waals surface area (Å²) in [6, 6.07) is 11.6. The molecule has 1 nitrogen and oxygen atoms in total. The van der Waals surface area contributed by atoms with Crippen LogP contribution >= 0.6 is 0 Å². The van der Waals surface area contributed by atoms with E-state index >= 15 is 0 Å². The minimum Gasteiger partial charge on any atom is -0.384 e. The van der Waals surface area contributed by atoms with E-state index in [1.807, 2.05) is 25.1 Å². The SMILES string of the molecule is Cc1ccc2c(c1)NCC2c1cccc(C(F)(F)F)c1. The van der Waals surface area contributed by atoms with E-state index in [1.54, 1.807) is 6.07 Å². The van der Waals surface area contributed by atoms with Gasteiger partial charge >= 0.3 is 6.18 Å². The van der Waals surface area contributed by atoms with Crippen molar-refractivity contribution in [3.05, 3.63) is 64.7 Å². The number of nitrogens with one attached hydrogen (secondary N) is 1. The summed E-state index contributed by atoms with van der Waals surface area (Å²) in [7, 11) is 0. The van der Waals surface area contributed by atoms with Crippen LogP contribution in [0.15, 0.2) is 42.5 Å². The fourth-order valence-corrected chi connectivity index (χ4v) is 2.68. The Kier molecular flexibility index (Phi) is 2.96. The zero-order valence-electron chi connectivity index (χ0n) is 11.0. The van der Waals surface area contributed by atoms with Gasteiger partial charge in [0.15, 0.2) is 0 Å². The lowest BCUT2D eigenvalue weighted by atomic mass is 9.91. The van der Waals surface area contributed by atoms with Crippen LogP contribution in [0.1, 0.15) is 28.2 Å². The molecule has 1 unspecified atom stereocenters. The van der Waals surface area contributed by atoms with Gasteiger partial charge in [-0.25, -0.2) is 0 Å². The number of benzene rings is 2. The largest absolute Gasteiger partial charge is 0.416 e. The van der Waals surface area contributed by atoms with Crippen LogP contribution in [0.5, 0.6) is 0 Å². The molecule has 0 aromatic heterocycles. The number of rotatable bonds is 1. The fourth-order valence-electron chi connectivity index (χ4n) is 2.68. The van der Waals surface area contributed by atoms with E-state index in [1.165, 1.54) is 12.1 Å². The van der Waals surface area contributed by atoms with Gasteiger partial charge in [-0.1, -0.05) is 30.3 Å². The minimum absolute atomic E-state index is 0.0205. The maximum atomic E-state index is 12.8. The monoisotopic (exact) mass is 277 g/mol. The van der Waals surface area contributed by atoms with Gasteiger partial charge < -0.3 is 5.32 Å². The molecule has 1 atom stereocenters. The lowest BCUT2D eigenvalue weighted by Crippen LogP contribution is -2.08. The predicted octanol–water partition coefficient (Wildman–Crippen LogP) is 4.57. The Morgan fingerprint density at radius 1 is 1.10 bits per heavy atom. The summed E-state index contributed by atoms with van der Waals surface area (Å²) in [4.78, 5) is 0. The lowest BCUT2D eigenvalue weighted by molar-refractivity contribution is -0.137. The van der Waals surface area contributed by atoms with Gasteiger partial charge in [0, 0.05) is 18.2 Å². The van der Waals surface area contributed by atoms with Crippen LogP contribution in [0.2, 0.25) is 0 Å². The van der Waals surface area contributed by atoms with Crippen LogP contribution < -0.4 is 5.32 Å². The molecule has 0 fully saturated rings.